The first-order chi connectivity index (χ1) is 13.7. The van der Waals surface area contributed by atoms with Crippen LogP contribution in [0.2, 0.25) is 0 Å². The van der Waals surface area contributed by atoms with E-state index in [0.717, 1.165) is 47.5 Å². The first kappa shape index (κ1) is 16.9. The number of aromatic nitrogens is 1. The van der Waals surface area contributed by atoms with Crippen LogP contribution in [0, 0.1) is 0 Å². The predicted molar refractivity (Wildman–Crippen MR) is 108 cm³/mol. The van der Waals surface area contributed by atoms with Crippen LogP contribution in [0.5, 0.6) is 11.5 Å². The summed E-state index contributed by atoms with van der Waals surface area (Å²) in [6.07, 6.45) is 3.99. The van der Waals surface area contributed by atoms with Crippen molar-refractivity contribution < 1.29 is 14.6 Å². The van der Waals surface area contributed by atoms with Gasteiger partial charge in [-0.2, -0.15) is 0 Å². The lowest BCUT2D eigenvalue weighted by molar-refractivity contribution is 0.0966. The molecule has 5 heteroatoms. The second-order valence-corrected chi connectivity index (χ2v) is 7.46. The summed E-state index contributed by atoms with van der Waals surface area (Å²) in [7, 11) is 1.54. The van der Waals surface area contributed by atoms with Crippen LogP contribution >= 0.6 is 0 Å². The molecule has 2 aliphatic heterocycles. The average Bonchev–Trinajstić information content (AvgIpc) is 3.38. The minimum absolute atomic E-state index is 0.0428. The number of phenols is 1. The molecule has 2 aliphatic rings. The van der Waals surface area contributed by atoms with Crippen LogP contribution < -0.4 is 9.64 Å². The molecular formula is C23H22N2O3. The van der Waals surface area contributed by atoms with Crippen molar-refractivity contribution >= 4 is 11.5 Å². The molecule has 1 N–H and O–H groups in total. The smallest absolute Gasteiger partial charge is 0.203 e. The maximum absolute atomic E-state index is 13.2. The third-order valence-corrected chi connectivity index (χ3v) is 5.81. The molecule has 1 fully saturated rings. The molecule has 1 aromatic heterocycles. The number of benzene rings is 2. The zero-order chi connectivity index (χ0) is 19.3. The van der Waals surface area contributed by atoms with Crippen LogP contribution in [0.25, 0.3) is 11.1 Å². The van der Waals surface area contributed by atoms with Gasteiger partial charge >= 0.3 is 0 Å². The molecule has 5 nitrogen and oxygen atoms in total. The van der Waals surface area contributed by atoms with Gasteiger partial charge in [-0.25, -0.2) is 0 Å². The summed E-state index contributed by atoms with van der Waals surface area (Å²) < 4.78 is 7.25. The van der Waals surface area contributed by atoms with Gasteiger partial charge in [-0.15, -0.1) is 0 Å². The van der Waals surface area contributed by atoms with Crippen molar-refractivity contribution in [1.29, 1.82) is 0 Å². The molecule has 0 radical (unpaired) electrons. The van der Waals surface area contributed by atoms with E-state index in [9.17, 15) is 9.90 Å². The minimum atomic E-state index is -0.0428. The lowest BCUT2D eigenvalue weighted by atomic mass is 10.1. The van der Waals surface area contributed by atoms with Crippen LogP contribution in [-0.2, 0) is 6.54 Å². The number of rotatable bonds is 4. The molecule has 3 aromatic rings. The molecule has 0 saturated carbocycles. The topological polar surface area (TPSA) is 54.7 Å². The number of carbonyl (C=O) groups excluding carboxylic acids is 1. The monoisotopic (exact) mass is 374 g/mol. The molecule has 5 rings (SSSR count). The first-order valence-corrected chi connectivity index (χ1v) is 9.62. The fraction of sp³-hybridized carbons (Fsp3) is 0.261. The molecule has 0 amide bonds. The Hall–Kier alpha value is -3.21. The van der Waals surface area contributed by atoms with Crippen LogP contribution in [0.3, 0.4) is 0 Å². The van der Waals surface area contributed by atoms with Crippen LogP contribution in [0.15, 0.2) is 54.7 Å². The van der Waals surface area contributed by atoms with Crippen molar-refractivity contribution in [3.63, 3.8) is 0 Å². The normalized spacial score (nSPS) is 17.7. The average molecular weight is 374 g/mol. The number of ether oxygens (including phenoxy) is 1. The number of phenolic OH excluding ortho intramolecular Hbond substituents is 1. The first-order valence-electron chi connectivity index (χ1n) is 9.62. The highest BCUT2D eigenvalue weighted by molar-refractivity contribution is 6.13. The van der Waals surface area contributed by atoms with E-state index in [1.54, 1.807) is 12.1 Å². The fourth-order valence-electron chi connectivity index (χ4n) is 4.53. The van der Waals surface area contributed by atoms with Gasteiger partial charge in [-0.3, -0.25) is 4.79 Å². The summed E-state index contributed by atoms with van der Waals surface area (Å²) in [5.74, 6) is 0.763. The van der Waals surface area contributed by atoms with E-state index in [2.05, 4.69) is 21.6 Å². The van der Waals surface area contributed by atoms with Crippen molar-refractivity contribution in [2.45, 2.75) is 25.4 Å². The summed E-state index contributed by atoms with van der Waals surface area (Å²) >= 11 is 0. The molecule has 1 atom stereocenters. The second kappa shape index (κ2) is 6.44. The number of anilines is 1. The molecule has 2 aromatic carbocycles. The molecule has 1 saturated heterocycles. The Morgan fingerprint density at radius 3 is 2.75 bits per heavy atom. The number of aromatic hydroxyl groups is 1. The van der Waals surface area contributed by atoms with Gasteiger partial charge in [0.25, 0.3) is 0 Å². The summed E-state index contributed by atoms with van der Waals surface area (Å²) in [5.41, 5.74) is 4.83. The molecule has 3 heterocycles. The molecule has 0 bridgehead atoms. The van der Waals surface area contributed by atoms with Crippen molar-refractivity contribution in [3.05, 3.63) is 66.0 Å². The Bertz CT molecular complexity index is 1060. The maximum Gasteiger partial charge on any atom is 0.203 e. The van der Waals surface area contributed by atoms with Crippen molar-refractivity contribution in [3.8, 4) is 22.6 Å². The fourth-order valence-corrected chi connectivity index (χ4v) is 4.53. The van der Waals surface area contributed by atoms with Gasteiger partial charge in [-0.1, -0.05) is 36.4 Å². The number of methoxy groups -OCH3 is 1. The Morgan fingerprint density at radius 1 is 1.18 bits per heavy atom. The van der Waals surface area contributed by atoms with Crippen molar-refractivity contribution in [2.75, 3.05) is 18.6 Å². The molecular weight excluding hydrogens is 352 g/mol. The molecule has 28 heavy (non-hydrogen) atoms. The van der Waals surface area contributed by atoms with Gasteiger partial charge in [0.2, 0.25) is 5.78 Å². The van der Waals surface area contributed by atoms with Gasteiger partial charge in [0, 0.05) is 24.8 Å². The summed E-state index contributed by atoms with van der Waals surface area (Å²) in [6, 6.07) is 15.6. The van der Waals surface area contributed by atoms with E-state index in [1.165, 1.54) is 7.11 Å². The lowest BCUT2D eigenvalue weighted by Gasteiger charge is -2.18. The van der Waals surface area contributed by atoms with Crippen LogP contribution in [0.4, 0.5) is 5.69 Å². The van der Waals surface area contributed by atoms with Crippen LogP contribution in [-0.4, -0.2) is 35.2 Å². The zero-order valence-corrected chi connectivity index (χ0v) is 15.8. The molecule has 0 spiro atoms. The highest BCUT2D eigenvalue weighted by atomic mass is 16.5. The highest BCUT2D eigenvalue weighted by Crippen LogP contribution is 2.46. The Labute approximate surface area is 163 Å². The van der Waals surface area contributed by atoms with Crippen LogP contribution in [0.1, 0.15) is 28.9 Å². The number of carbonyl (C=O) groups is 1. The van der Waals surface area contributed by atoms with E-state index in [4.69, 9.17) is 4.74 Å². The second-order valence-electron chi connectivity index (χ2n) is 7.46. The van der Waals surface area contributed by atoms with E-state index in [0.29, 0.717) is 12.3 Å². The summed E-state index contributed by atoms with van der Waals surface area (Å²) in [5, 5.41) is 10.3. The summed E-state index contributed by atoms with van der Waals surface area (Å²) in [4.78, 5) is 15.4. The van der Waals surface area contributed by atoms with E-state index < -0.39 is 0 Å². The quantitative estimate of drug-likeness (QED) is 0.748. The zero-order valence-electron chi connectivity index (χ0n) is 15.8. The number of hydrogen-bond acceptors (Lipinski definition) is 4. The molecule has 1 unspecified atom stereocenters. The third kappa shape index (κ3) is 2.50. The number of nitrogens with zero attached hydrogens (tertiary/aromatic N) is 2. The van der Waals surface area contributed by atoms with Gasteiger partial charge in [0.1, 0.15) is 5.69 Å². The van der Waals surface area contributed by atoms with Gasteiger partial charge in [0.05, 0.1) is 18.8 Å². The SMILES string of the molecule is COc1ccc(-c2cn(Cc3ccccc3)c3c2N2CCCC2C3=O)cc1O. The van der Waals surface area contributed by atoms with E-state index in [1.807, 2.05) is 30.5 Å². The van der Waals surface area contributed by atoms with E-state index >= 15 is 0 Å². The predicted octanol–water partition coefficient (Wildman–Crippen LogP) is 4.08. The molecule has 0 aliphatic carbocycles. The van der Waals surface area contributed by atoms with Crippen molar-refractivity contribution in [1.82, 2.24) is 4.57 Å². The molecule has 142 valence electrons. The standard InChI is InChI=1S/C23H22N2O3/c1-28-20-10-9-16(12-19(20)26)17-14-24(13-15-6-3-2-4-7-15)22-21(17)25-11-5-8-18(25)23(22)27/h2-4,6-7,9-10,12,14,18,26H,5,8,11,13H2,1H3. The van der Waals surface area contributed by atoms with Gasteiger partial charge in [-0.05, 0) is 36.1 Å². The van der Waals surface area contributed by atoms with E-state index in [-0.39, 0.29) is 17.6 Å². The Morgan fingerprint density at radius 2 is 2.00 bits per heavy atom. The Balaban J connectivity index is 1.66. The third-order valence-electron chi connectivity index (χ3n) is 5.81. The summed E-state index contributed by atoms with van der Waals surface area (Å²) in [6.45, 7) is 1.55. The number of hydrogen-bond donors (Lipinski definition) is 1. The van der Waals surface area contributed by atoms with Crippen molar-refractivity contribution in [2.24, 2.45) is 0 Å². The lowest BCUT2D eigenvalue weighted by Crippen LogP contribution is -2.29. The maximum atomic E-state index is 13.2. The largest absolute Gasteiger partial charge is 0.504 e. The van der Waals surface area contributed by atoms with Gasteiger partial charge < -0.3 is 19.3 Å². The number of Topliss-reactive ketones (excluding diaryl/α,β-unsaturated/α-hetero) is 1. The number of fused-ring (bicyclic) bond motifs is 3. The Kier molecular flexibility index (Phi) is 3.90. The highest BCUT2D eigenvalue weighted by Gasteiger charge is 2.44. The van der Waals surface area contributed by atoms with Gasteiger partial charge in [0.15, 0.2) is 11.5 Å². The minimum Gasteiger partial charge on any atom is -0.504 e. The number of ketones is 1.